The van der Waals surface area contributed by atoms with Crippen LogP contribution in [0.1, 0.15) is 29.7 Å². The molecule has 0 radical (unpaired) electrons. The molecular formula is C20H24N2O3S. The second-order valence-corrected chi connectivity index (χ2v) is 8.11. The Bertz CT molecular complexity index is 886. The molecule has 6 heteroatoms. The van der Waals surface area contributed by atoms with Crippen LogP contribution in [0.25, 0.3) is 6.08 Å². The molecule has 5 nitrogen and oxygen atoms in total. The molecule has 0 aliphatic carbocycles. The smallest absolute Gasteiger partial charge is 0.246 e. The summed E-state index contributed by atoms with van der Waals surface area (Å²) in [7, 11) is -1.52. The third-order valence-corrected chi connectivity index (χ3v) is 4.73. The molecule has 138 valence electrons. The van der Waals surface area contributed by atoms with Crippen LogP contribution in [0.3, 0.4) is 0 Å². The topological polar surface area (TPSA) is 66.5 Å². The third kappa shape index (κ3) is 5.74. The number of carbonyl (C=O) groups is 1. The molecule has 1 unspecified atom stereocenters. The van der Waals surface area contributed by atoms with Crippen molar-refractivity contribution in [2.75, 3.05) is 18.0 Å². The van der Waals surface area contributed by atoms with Gasteiger partial charge in [0.25, 0.3) is 0 Å². The Morgan fingerprint density at radius 3 is 2.19 bits per heavy atom. The highest BCUT2D eigenvalue weighted by Gasteiger charge is 2.15. The molecular weight excluding hydrogens is 348 g/mol. The van der Waals surface area contributed by atoms with Gasteiger partial charge in [-0.15, -0.1) is 0 Å². The van der Waals surface area contributed by atoms with Gasteiger partial charge in [0.2, 0.25) is 15.9 Å². The summed E-state index contributed by atoms with van der Waals surface area (Å²) in [4.78, 5) is 14.1. The molecule has 0 heterocycles. The van der Waals surface area contributed by atoms with Gasteiger partial charge < -0.3 is 4.90 Å². The van der Waals surface area contributed by atoms with Crippen molar-refractivity contribution in [3.8, 4) is 0 Å². The number of hydrogen-bond acceptors (Lipinski definition) is 3. The largest absolute Gasteiger partial charge is 0.335 e. The molecule has 0 saturated heterocycles. The number of nitrogens with one attached hydrogen (secondary N) is 1. The molecule has 0 aliphatic heterocycles. The minimum Gasteiger partial charge on any atom is -0.335 e. The molecule has 0 spiro atoms. The highest BCUT2D eigenvalue weighted by atomic mass is 32.2. The van der Waals surface area contributed by atoms with E-state index in [0.29, 0.717) is 5.69 Å². The Morgan fingerprint density at radius 2 is 1.65 bits per heavy atom. The standard InChI is InChI=1S/C20H24N2O3S/c1-15-5-10-18(11-6-15)16(2)22(3)20(23)14-9-17-7-12-19(13-8-17)21-26(4,24)25/h5-14,16,21H,1-4H3/b14-9+. The zero-order valence-corrected chi connectivity index (χ0v) is 16.2. The van der Waals surface area contributed by atoms with E-state index in [-0.39, 0.29) is 11.9 Å². The van der Waals surface area contributed by atoms with Crippen molar-refractivity contribution in [3.63, 3.8) is 0 Å². The van der Waals surface area contributed by atoms with Crippen molar-refractivity contribution in [2.45, 2.75) is 19.9 Å². The molecule has 1 N–H and O–H groups in total. The maximum Gasteiger partial charge on any atom is 0.246 e. The zero-order chi connectivity index (χ0) is 19.3. The molecule has 0 fully saturated rings. The fourth-order valence-electron chi connectivity index (χ4n) is 2.42. The molecule has 0 bridgehead atoms. The minimum absolute atomic E-state index is 0.0333. The Labute approximate surface area is 155 Å². The fourth-order valence-corrected chi connectivity index (χ4v) is 2.99. The van der Waals surface area contributed by atoms with Gasteiger partial charge in [-0.2, -0.15) is 0 Å². The van der Waals surface area contributed by atoms with E-state index in [2.05, 4.69) is 4.72 Å². The Morgan fingerprint density at radius 1 is 1.08 bits per heavy atom. The van der Waals surface area contributed by atoms with Crippen LogP contribution in [0.5, 0.6) is 0 Å². The summed E-state index contributed by atoms with van der Waals surface area (Å²) < 4.78 is 24.8. The molecule has 0 aromatic heterocycles. The molecule has 26 heavy (non-hydrogen) atoms. The van der Waals surface area contributed by atoms with Crippen molar-refractivity contribution in [3.05, 3.63) is 71.3 Å². The first-order valence-electron chi connectivity index (χ1n) is 8.25. The molecule has 0 aliphatic rings. The predicted octanol–water partition coefficient (Wildman–Crippen LogP) is 3.60. The number of benzene rings is 2. The van der Waals surface area contributed by atoms with Gasteiger partial charge in [0, 0.05) is 18.8 Å². The van der Waals surface area contributed by atoms with Crippen LogP contribution >= 0.6 is 0 Å². The first-order chi connectivity index (χ1) is 12.2. The van der Waals surface area contributed by atoms with Crippen LogP contribution in [-0.2, 0) is 14.8 Å². The monoisotopic (exact) mass is 372 g/mol. The van der Waals surface area contributed by atoms with Crippen LogP contribution in [0.15, 0.2) is 54.6 Å². The first-order valence-corrected chi connectivity index (χ1v) is 10.1. The number of anilines is 1. The second-order valence-electron chi connectivity index (χ2n) is 6.37. The summed E-state index contributed by atoms with van der Waals surface area (Å²) in [5, 5.41) is 0. The van der Waals surface area contributed by atoms with Gasteiger partial charge in [-0.3, -0.25) is 9.52 Å². The van der Waals surface area contributed by atoms with E-state index in [9.17, 15) is 13.2 Å². The number of nitrogens with zero attached hydrogens (tertiary/aromatic N) is 1. The van der Waals surface area contributed by atoms with E-state index in [4.69, 9.17) is 0 Å². The Balaban J connectivity index is 2.02. The average molecular weight is 372 g/mol. The molecule has 0 saturated carbocycles. The van der Waals surface area contributed by atoms with Crippen LogP contribution in [-0.4, -0.2) is 32.5 Å². The number of likely N-dealkylation sites (N-methyl/N-ethyl adjacent to an activating group) is 1. The molecule has 2 rings (SSSR count). The van der Waals surface area contributed by atoms with E-state index in [1.54, 1.807) is 42.3 Å². The van der Waals surface area contributed by atoms with Crippen LogP contribution in [0.2, 0.25) is 0 Å². The lowest BCUT2D eigenvalue weighted by Gasteiger charge is -2.24. The van der Waals surface area contributed by atoms with Crippen molar-refractivity contribution in [1.29, 1.82) is 0 Å². The lowest BCUT2D eigenvalue weighted by Crippen LogP contribution is -2.27. The van der Waals surface area contributed by atoms with E-state index in [0.717, 1.165) is 17.4 Å². The van der Waals surface area contributed by atoms with E-state index in [1.165, 1.54) is 11.6 Å². The predicted molar refractivity (Wildman–Crippen MR) is 106 cm³/mol. The summed E-state index contributed by atoms with van der Waals surface area (Å²) in [6.07, 6.45) is 4.33. The second kappa shape index (κ2) is 8.19. The first kappa shape index (κ1) is 19.7. The van der Waals surface area contributed by atoms with E-state index < -0.39 is 10.0 Å². The normalized spacial score (nSPS) is 12.8. The van der Waals surface area contributed by atoms with Crippen molar-refractivity contribution in [2.24, 2.45) is 0 Å². The number of amides is 1. The van der Waals surface area contributed by atoms with E-state index in [1.807, 2.05) is 38.1 Å². The number of aryl methyl sites for hydroxylation is 1. The molecule has 1 atom stereocenters. The summed E-state index contributed by atoms with van der Waals surface area (Å²) in [6, 6.07) is 14.9. The Hall–Kier alpha value is -2.60. The van der Waals surface area contributed by atoms with Gasteiger partial charge in [-0.1, -0.05) is 42.0 Å². The fraction of sp³-hybridized carbons (Fsp3) is 0.250. The van der Waals surface area contributed by atoms with Gasteiger partial charge in [0.1, 0.15) is 0 Å². The molecule has 2 aromatic carbocycles. The van der Waals surface area contributed by atoms with Gasteiger partial charge in [0.15, 0.2) is 0 Å². The van der Waals surface area contributed by atoms with Crippen LogP contribution in [0, 0.1) is 6.92 Å². The van der Waals surface area contributed by atoms with Crippen LogP contribution < -0.4 is 4.72 Å². The lowest BCUT2D eigenvalue weighted by molar-refractivity contribution is -0.126. The van der Waals surface area contributed by atoms with Gasteiger partial charge in [0.05, 0.1) is 12.3 Å². The zero-order valence-electron chi connectivity index (χ0n) is 15.4. The number of hydrogen-bond donors (Lipinski definition) is 1. The molecule has 2 aromatic rings. The highest BCUT2D eigenvalue weighted by molar-refractivity contribution is 7.92. The summed E-state index contributed by atoms with van der Waals surface area (Å²) in [5.41, 5.74) is 3.56. The van der Waals surface area contributed by atoms with Gasteiger partial charge in [-0.25, -0.2) is 8.42 Å². The number of sulfonamides is 1. The summed E-state index contributed by atoms with van der Waals surface area (Å²) >= 11 is 0. The Kier molecular flexibility index (Phi) is 6.21. The number of rotatable bonds is 6. The minimum atomic E-state index is -3.29. The maximum atomic E-state index is 12.4. The third-order valence-electron chi connectivity index (χ3n) is 4.12. The van der Waals surface area contributed by atoms with E-state index >= 15 is 0 Å². The summed E-state index contributed by atoms with van der Waals surface area (Å²) in [6.45, 7) is 4.02. The van der Waals surface area contributed by atoms with Crippen molar-refractivity contribution >= 4 is 27.7 Å². The SMILES string of the molecule is Cc1ccc(C(C)N(C)C(=O)/C=C/c2ccc(NS(C)(=O)=O)cc2)cc1. The van der Waals surface area contributed by atoms with Crippen molar-refractivity contribution < 1.29 is 13.2 Å². The number of carbonyl (C=O) groups excluding carboxylic acids is 1. The summed E-state index contributed by atoms with van der Waals surface area (Å²) in [5.74, 6) is -0.101. The van der Waals surface area contributed by atoms with Gasteiger partial charge >= 0.3 is 0 Å². The molecule has 1 amide bonds. The highest BCUT2D eigenvalue weighted by Crippen LogP contribution is 2.20. The van der Waals surface area contributed by atoms with Crippen molar-refractivity contribution in [1.82, 2.24) is 4.90 Å². The van der Waals surface area contributed by atoms with Crippen LogP contribution in [0.4, 0.5) is 5.69 Å². The maximum absolute atomic E-state index is 12.4. The quantitative estimate of drug-likeness (QED) is 0.788. The lowest BCUT2D eigenvalue weighted by atomic mass is 10.1. The average Bonchev–Trinajstić information content (AvgIpc) is 2.59. The van der Waals surface area contributed by atoms with Gasteiger partial charge in [-0.05, 0) is 43.2 Å².